The van der Waals surface area contributed by atoms with Crippen LogP contribution in [0.1, 0.15) is 39.3 Å². The van der Waals surface area contributed by atoms with Gasteiger partial charge in [0.25, 0.3) is 5.91 Å². The standard InChI is InChI=1S/C16H16F3N3O/c1-22-14(11-6-4-8-13(11)21-22)9-20-15(23)10-5-2-3-7-12(10)16(17,18)19/h2-3,5,7H,4,6,8-9H2,1H3,(H,20,23). The summed E-state index contributed by atoms with van der Waals surface area (Å²) in [5, 5.41) is 6.97. The summed E-state index contributed by atoms with van der Waals surface area (Å²) in [6.07, 6.45) is -1.72. The Morgan fingerprint density at radius 2 is 2.04 bits per heavy atom. The van der Waals surface area contributed by atoms with Crippen molar-refractivity contribution in [2.24, 2.45) is 7.05 Å². The summed E-state index contributed by atoms with van der Waals surface area (Å²) in [6.45, 7) is 0.170. The van der Waals surface area contributed by atoms with Gasteiger partial charge in [-0.1, -0.05) is 12.1 Å². The molecule has 1 amide bonds. The summed E-state index contributed by atoms with van der Waals surface area (Å²) >= 11 is 0. The third-order valence-corrected chi connectivity index (χ3v) is 4.09. The lowest BCUT2D eigenvalue weighted by atomic mass is 10.1. The molecule has 0 radical (unpaired) electrons. The van der Waals surface area contributed by atoms with Crippen LogP contribution in [0.2, 0.25) is 0 Å². The molecule has 0 aliphatic heterocycles. The van der Waals surface area contributed by atoms with E-state index in [1.54, 1.807) is 11.7 Å². The SMILES string of the molecule is Cn1nc2c(c1CNC(=O)c1ccccc1C(F)(F)F)CCC2. The number of fused-ring (bicyclic) bond motifs is 1. The average Bonchev–Trinajstić information content (AvgIpc) is 3.05. The maximum atomic E-state index is 13.0. The van der Waals surface area contributed by atoms with E-state index < -0.39 is 17.6 Å². The summed E-state index contributed by atoms with van der Waals surface area (Å²) in [5.41, 5.74) is 1.70. The lowest BCUT2D eigenvalue weighted by Crippen LogP contribution is -2.27. The second-order valence-electron chi connectivity index (χ2n) is 5.58. The fourth-order valence-corrected chi connectivity index (χ4v) is 2.99. The van der Waals surface area contributed by atoms with E-state index in [1.165, 1.54) is 18.2 Å². The van der Waals surface area contributed by atoms with Crippen LogP contribution in [-0.4, -0.2) is 15.7 Å². The van der Waals surface area contributed by atoms with Crippen LogP contribution in [0.15, 0.2) is 24.3 Å². The molecule has 1 aliphatic rings. The molecule has 0 saturated carbocycles. The van der Waals surface area contributed by atoms with E-state index in [-0.39, 0.29) is 12.1 Å². The number of aromatic nitrogens is 2. The van der Waals surface area contributed by atoms with Gasteiger partial charge in [-0.15, -0.1) is 0 Å². The summed E-state index contributed by atoms with van der Waals surface area (Å²) in [6, 6.07) is 4.79. The molecule has 7 heteroatoms. The highest BCUT2D eigenvalue weighted by Crippen LogP contribution is 2.32. The van der Waals surface area contributed by atoms with Crippen LogP contribution in [0, 0.1) is 0 Å². The molecule has 0 fully saturated rings. The van der Waals surface area contributed by atoms with Gasteiger partial charge in [0.2, 0.25) is 0 Å². The number of rotatable bonds is 3. The fraction of sp³-hybridized carbons (Fsp3) is 0.375. The molecule has 0 saturated heterocycles. The first-order chi connectivity index (χ1) is 10.9. The molecule has 0 spiro atoms. The first kappa shape index (κ1) is 15.6. The van der Waals surface area contributed by atoms with Crippen LogP contribution in [0.4, 0.5) is 13.2 Å². The molecule has 1 heterocycles. The number of halogens is 3. The number of carbonyl (C=O) groups is 1. The van der Waals surface area contributed by atoms with Gasteiger partial charge < -0.3 is 5.32 Å². The first-order valence-electron chi connectivity index (χ1n) is 7.36. The summed E-state index contributed by atoms with van der Waals surface area (Å²) < 4.78 is 40.6. The highest BCUT2D eigenvalue weighted by Gasteiger charge is 2.34. The van der Waals surface area contributed by atoms with Crippen LogP contribution < -0.4 is 5.32 Å². The van der Waals surface area contributed by atoms with Gasteiger partial charge in [0.1, 0.15) is 0 Å². The zero-order valence-corrected chi connectivity index (χ0v) is 12.6. The molecule has 1 aromatic heterocycles. The van der Waals surface area contributed by atoms with E-state index in [4.69, 9.17) is 0 Å². The Kier molecular flexibility index (Phi) is 3.87. The van der Waals surface area contributed by atoms with E-state index >= 15 is 0 Å². The molecule has 0 unspecified atom stereocenters. The van der Waals surface area contributed by atoms with E-state index in [1.807, 2.05) is 0 Å². The second kappa shape index (κ2) is 5.72. The monoisotopic (exact) mass is 323 g/mol. The molecular weight excluding hydrogens is 307 g/mol. The second-order valence-corrected chi connectivity index (χ2v) is 5.58. The molecular formula is C16H16F3N3O. The number of aryl methyl sites for hydroxylation is 2. The molecule has 0 bridgehead atoms. The van der Waals surface area contributed by atoms with Crippen molar-refractivity contribution in [1.29, 1.82) is 0 Å². The van der Waals surface area contributed by atoms with Crippen LogP contribution >= 0.6 is 0 Å². The molecule has 1 aliphatic carbocycles. The Morgan fingerprint density at radius 1 is 1.30 bits per heavy atom. The van der Waals surface area contributed by atoms with Crippen molar-refractivity contribution < 1.29 is 18.0 Å². The minimum absolute atomic E-state index is 0.170. The van der Waals surface area contributed by atoms with Gasteiger partial charge in [-0.3, -0.25) is 9.48 Å². The van der Waals surface area contributed by atoms with Gasteiger partial charge in [-0.25, -0.2) is 0 Å². The van der Waals surface area contributed by atoms with Crippen molar-refractivity contribution in [3.63, 3.8) is 0 Å². The third-order valence-electron chi connectivity index (χ3n) is 4.09. The van der Waals surface area contributed by atoms with Crippen molar-refractivity contribution in [2.75, 3.05) is 0 Å². The number of hydrogen-bond donors (Lipinski definition) is 1. The lowest BCUT2D eigenvalue weighted by molar-refractivity contribution is -0.137. The van der Waals surface area contributed by atoms with Gasteiger partial charge in [0, 0.05) is 7.05 Å². The molecule has 23 heavy (non-hydrogen) atoms. The topological polar surface area (TPSA) is 46.9 Å². The maximum absolute atomic E-state index is 13.0. The summed E-state index contributed by atoms with van der Waals surface area (Å²) in [5.74, 6) is -0.731. The first-order valence-corrected chi connectivity index (χ1v) is 7.36. The molecule has 1 N–H and O–H groups in total. The van der Waals surface area contributed by atoms with E-state index in [2.05, 4.69) is 10.4 Å². The van der Waals surface area contributed by atoms with Crippen LogP contribution in [0.5, 0.6) is 0 Å². The minimum atomic E-state index is -4.55. The van der Waals surface area contributed by atoms with Crippen molar-refractivity contribution in [1.82, 2.24) is 15.1 Å². The van der Waals surface area contributed by atoms with E-state index in [0.29, 0.717) is 0 Å². The normalized spacial score (nSPS) is 13.9. The molecule has 3 rings (SSSR count). The molecule has 1 aromatic carbocycles. The van der Waals surface area contributed by atoms with Gasteiger partial charge in [-0.2, -0.15) is 18.3 Å². The van der Waals surface area contributed by atoms with Crippen molar-refractivity contribution in [3.8, 4) is 0 Å². The number of carbonyl (C=O) groups excluding carboxylic acids is 1. The average molecular weight is 323 g/mol. The smallest absolute Gasteiger partial charge is 0.346 e. The van der Waals surface area contributed by atoms with Gasteiger partial charge >= 0.3 is 6.18 Å². The summed E-state index contributed by atoms with van der Waals surface area (Å²) in [4.78, 5) is 12.2. The van der Waals surface area contributed by atoms with E-state index in [9.17, 15) is 18.0 Å². The molecule has 122 valence electrons. The van der Waals surface area contributed by atoms with Gasteiger partial charge in [0.05, 0.1) is 29.1 Å². The highest BCUT2D eigenvalue weighted by molar-refractivity contribution is 5.95. The van der Waals surface area contributed by atoms with Gasteiger partial charge in [0.15, 0.2) is 0 Å². The van der Waals surface area contributed by atoms with Crippen LogP contribution in [-0.2, 0) is 32.6 Å². The molecule has 4 nitrogen and oxygen atoms in total. The zero-order chi connectivity index (χ0) is 16.6. The Morgan fingerprint density at radius 3 is 2.78 bits per heavy atom. The maximum Gasteiger partial charge on any atom is 0.417 e. The highest BCUT2D eigenvalue weighted by atomic mass is 19.4. The largest absolute Gasteiger partial charge is 0.417 e. The van der Waals surface area contributed by atoms with Crippen LogP contribution in [0.25, 0.3) is 0 Å². The Balaban J connectivity index is 1.79. The zero-order valence-electron chi connectivity index (χ0n) is 12.6. The Labute approximate surface area is 131 Å². The minimum Gasteiger partial charge on any atom is -0.346 e. The number of nitrogens with one attached hydrogen (secondary N) is 1. The summed E-state index contributed by atoms with van der Waals surface area (Å²) in [7, 11) is 1.78. The van der Waals surface area contributed by atoms with Crippen molar-refractivity contribution >= 4 is 5.91 Å². The number of alkyl halides is 3. The number of amides is 1. The van der Waals surface area contributed by atoms with Gasteiger partial charge in [-0.05, 0) is 37.0 Å². The Hall–Kier alpha value is -2.31. The predicted molar refractivity (Wildman–Crippen MR) is 77.8 cm³/mol. The number of nitrogens with zero attached hydrogens (tertiary/aromatic N) is 2. The van der Waals surface area contributed by atoms with Crippen LogP contribution in [0.3, 0.4) is 0 Å². The number of benzene rings is 1. The van der Waals surface area contributed by atoms with E-state index in [0.717, 1.165) is 42.3 Å². The third kappa shape index (κ3) is 2.95. The quantitative estimate of drug-likeness (QED) is 0.944. The molecule has 0 atom stereocenters. The van der Waals surface area contributed by atoms with Crippen molar-refractivity contribution in [3.05, 3.63) is 52.3 Å². The van der Waals surface area contributed by atoms with Crippen molar-refractivity contribution in [2.45, 2.75) is 32.0 Å². The molecule has 2 aromatic rings. The fourth-order valence-electron chi connectivity index (χ4n) is 2.99. The Bertz CT molecular complexity index is 750. The predicted octanol–water partition coefficient (Wildman–Crippen LogP) is 2.86. The number of hydrogen-bond acceptors (Lipinski definition) is 2. The lowest BCUT2D eigenvalue weighted by Gasteiger charge is -2.13.